The summed E-state index contributed by atoms with van der Waals surface area (Å²) >= 11 is 0. The van der Waals surface area contributed by atoms with Crippen LogP contribution >= 0.6 is 0 Å². The monoisotopic (exact) mass is 227 g/mol. The third-order valence-electron chi connectivity index (χ3n) is 2.49. The summed E-state index contributed by atoms with van der Waals surface area (Å²) in [6.45, 7) is 9.32. The largest absolute Gasteiger partial charge is 0.354 e. The smallest absolute Gasteiger partial charge is 0.237 e. The highest BCUT2D eigenvalue weighted by molar-refractivity contribution is 5.84. The fraction of sp³-hybridized carbons (Fsp3) is 0.818. The molecule has 0 spiro atoms. The molecule has 1 unspecified atom stereocenters. The fourth-order valence-electron chi connectivity index (χ4n) is 1.63. The number of rotatable bonds is 2. The lowest BCUT2D eigenvalue weighted by Crippen LogP contribution is -2.57. The van der Waals surface area contributed by atoms with Crippen LogP contribution in [0.25, 0.3) is 0 Å². The number of carbonyl (C=O) groups is 2. The van der Waals surface area contributed by atoms with Crippen LogP contribution in [0.2, 0.25) is 0 Å². The zero-order valence-electron chi connectivity index (χ0n) is 10.5. The highest BCUT2D eigenvalue weighted by Crippen LogP contribution is 2.05. The Morgan fingerprint density at radius 1 is 1.50 bits per heavy atom. The van der Waals surface area contributed by atoms with Crippen LogP contribution < -0.4 is 10.6 Å². The van der Waals surface area contributed by atoms with E-state index < -0.39 is 0 Å². The summed E-state index contributed by atoms with van der Waals surface area (Å²) in [6.07, 6.45) is 0. The number of carbonyl (C=O) groups excluding carboxylic acids is 2. The van der Waals surface area contributed by atoms with Crippen LogP contribution in [-0.4, -0.2) is 47.9 Å². The second-order valence-corrected chi connectivity index (χ2v) is 5.24. The van der Waals surface area contributed by atoms with Crippen LogP contribution in [0, 0.1) is 0 Å². The number of amides is 2. The van der Waals surface area contributed by atoms with Gasteiger partial charge in [0.05, 0.1) is 12.6 Å². The first-order chi connectivity index (χ1) is 7.29. The molecule has 1 heterocycles. The average Bonchev–Trinajstić information content (AvgIpc) is 2.14. The van der Waals surface area contributed by atoms with Gasteiger partial charge in [0.2, 0.25) is 11.8 Å². The molecule has 1 fully saturated rings. The fourth-order valence-corrected chi connectivity index (χ4v) is 1.63. The average molecular weight is 227 g/mol. The Bertz CT molecular complexity index is 283. The molecule has 0 aromatic carbocycles. The number of hydrogen-bond acceptors (Lipinski definition) is 3. The van der Waals surface area contributed by atoms with Crippen molar-refractivity contribution in [1.29, 1.82) is 0 Å². The molecule has 5 heteroatoms. The van der Waals surface area contributed by atoms with Gasteiger partial charge in [-0.25, -0.2) is 0 Å². The molecule has 0 aliphatic carbocycles. The van der Waals surface area contributed by atoms with E-state index in [1.165, 1.54) is 0 Å². The molecule has 5 nitrogen and oxygen atoms in total. The van der Waals surface area contributed by atoms with E-state index >= 15 is 0 Å². The van der Waals surface area contributed by atoms with E-state index in [0.29, 0.717) is 13.1 Å². The quantitative estimate of drug-likeness (QED) is 0.682. The first-order valence-electron chi connectivity index (χ1n) is 5.62. The van der Waals surface area contributed by atoms with E-state index in [1.54, 1.807) is 0 Å². The maximum atomic E-state index is 11.9. The summed E-state index contributed by atoms with van der Waals surface area (Å²) in [4.78, 5) is 25.0. The number of nitrogens with zero attached hydrogens (tertiary/aromatic N) is 1. The van der Waals surface area contributed by atoms with E-state index in [0.717, 1.165) is 6.54 Å². The lowest BCUT2D eigenvalue weighted by molar-refractivity contribution is -0.131. The Hall–Kier alpha value is -1.10. The van der Waals surface area contributed by atoms with E-state index in [9.17, 15) is 9.59 Å². The molecule has 0 aromatic heterocycles. The molecule has 1 saturated heterocycles. The molecule has 92 valence electrons. The minimum Gasteiger partial charge on any atom is -0.354 e. The molecule has 0 bridgehead atoms. The van der Waals surface area contributed by atoms with Crippen LogP contribution in [0.15, 0.2) is 0 Å². The van der Waals surface area contributed by atoms with Crippen molar-refractivity contribution in [2.75, 3.05) is 19.6 Å². The SMILES string of the molecule is CC(C(=O)NC(C)(C)C)N1CCNC(=O)C1. The van der Waals surface area contributed by atoms with Gasteiger partial charge >= 0.3 is 0 Å². The Morgan fingerprint density at radius 2 is 2.12 bits per heavy atom. The minimum atomic E-state index is -0.259. The number of piperazine rings is 1. The van der Waals surface area contributed by atoms with Gasteiger partial charge in [-0.15, -0.1) is 0 Å². The summed E-state index contributed by atoms with van der Waals surface area (Å²) in [5.74, 6) is -0.0381. The Kier molecular flexibility index (Phi) is 3.91. The van der Waals surface area contributed by atoms with Gasteiger partial charge in [-0.3, -0.25) is 14.5 Å². The summed E-state index contributed by atoms with van der Waals surface area (Å²) in [5.41, 5.74) is -0.233. The van der Waals surface area contributed by atoms with Crippen LogP contribution in [-0.2, 0) is 9.59 Å². The van der Waals surface area contributed by atoms with Gasteiger partial charge in [0.15, 0.2) is 0 Å². The van der Waals surface area contributed by atoms with E-state index in [2.05, 4.69) is 10.6 Å². The Balaban J connectivity index is 2.53. The zero-order chi connectivity index (χ0) is 12.3. The van der Waals surface area contributed by atoms with Crippen LogP contribution in [0.3, 0.4) is 0 Å². The topological polar surface area (TPSA) is 61.4 Å². The molecular formula is C11H21N3O2. The summed E-state index contributed by atoms with van der Waals surface area (Å²) < 4.78 is 0. The second-order valence-electron chi connectivity index (χ2n) is 5.24. The van der Waals surface area contributed by atoms with Crippen LogP contribution in [0.4, 0.5) is 0 Å². The van der Waals surface area contributed by atoms with E-state index in [1.807, 2.05) is 32.6 Å². The Labute approximate surface area is 96.6 Å². The highest BCUT2D eigenvalue weighted by Gasteiger charge is 2.27. The standard InChI is InChI=1S/C11H21N3O2/c1-8(10(16)13-11(2,3)4)14-6-5-12-9(15)7-14/h8H,5-7H2,1-4H3,(H,12,15)(H,13,16). The highest BCUT2D eigenvalue weighted by atomic mass is 16.2. The predicted molar refractivity (Wildman–Crippen MR) is 61.9 cm³/mol. The Morgan fingerprint density at radius 3 is 2.62 bits per heavy atom. The van der Waals surface area contributed by atoms with Crippen molar-refractivity contribution < 1.29 is 9.59 Å². The molecule has 2 amide bonds. The minimum absolute atomic E-state index is 0.0124. The molecule has 2 N–H and O–H groups in total. The van der Waals surface area contributed by atoms with Crippen molar-refractivity contribution in [3.63, 3.8) is 0 Å². The van der Waals surface area contributed by atoms with Gasteiger partial charge < -0.3 is 10.6 Å². The van der Waals surface area contributed by atoms with Crippen molar-refractivity contribution in [2.45, 2.75) is 39.3 Å². The molecular weight excluding hydrogens is 206 g/mol. The van der Waals surface area contributed by atoms with Crippen LogP contribution in [0.5, 0.6) is 0 Å². The molecule has 16 heavy (non-hydrogen) atoms. The third kappa shape index (κ3) is 3.81. The van der Waals surface area contributed by atoms with Crippen molar-refractivity contribution in [3.8, 4) is 0 Å². The molecule has 1 atom stereocenters. The molecule has 1 rings (SSSR count). The predicted octanol–water partition coefficient (Wildman–Crippen LogP) is -0.279. The van der Waals surface area contributed by atoms with E-state index in [4.69, 9.17) is 0 Å². The molecule has 1 aliphatic rings. The first-order valence-corrected chi connectivity index (χ1v) is 5.62. The van der Waals surface area contributed by atoms with Crippen molar-refractivity contribution in [2.24, 2.45) is 0 Å². The number of hydrogen-bond donors (Lipinski definition) is 2. The summed E-state index contributed by atoms with van der Waals surface area (Å²) in [7, 11) is 0. The van der Waals surface area contributed by atoms with Gasteiger partial charge in [-0.2, -0.15) is 0 Å². The first kappa shape index (κ1) is 13.0. The van der Waals surface area contributed by atoms with Crippen molar-refractivity contribution >= 4 is 11.8 Å². The van der Waals surface area contributed by atoms with Crippen molar-refractivity contribution in [3.05, 3.63) is 0 Å². The third-order valence-corrected chi connectivity index (χ3v) is 2.49. The van der Waals surface area contributed by atoms with Gasteiger partial charge in [0, 0.05) is 18.6 Å². The maximum Gasteiger partial charge on any atom is 0.237 e. The zero-order valence-corrected chi connectivity index (χ0v) is 10.5. The van der Waals surface area contributed by atoms with Gasteiger partial charge in [-0.1, -0.05) is 0 Å². The van der Waals surface area contributed by atoms with Gasteiger partial charge in [0.1, 0.15) is 0 Å². The number of nitrogens with one attached hydrogen (secondary N) is 2. The molecule has 0 aromatic rings. The van der Waals surface area contributed by atoms with Crippen LogP contribution in [0.1, 0.15) is 27.7 Å². The summed E-state index contributed by atoms with van der Waals surface area (Å²) in [6, 6.07) is -0.259. The lowest BCUT2D eigenvalue weighted by atomic mass is 10.1. The second kappa shape index (κ2) is 4.82. The summed E-state index contributed by atoms with van der Waals surface area (Å²) in [5, 5.41) is 5.66. The maximum absolute atomic E-state index is 11.9. The normalized spacial score (nSPS) is 20.1. The van der Waals surface area contributed by atoms with Gasteiger partial charge in [-0.05, 0) is 27.7 Å². The molecule has 0 radical (unpaired) electrons. The molecule has 1 aliphatic heterocycles. The lowest BCUT2D eigenvalue weighted by Gasteiger charge is -2.33. The molecule has 0 saturated carbocycles. The van der Waals surface area contributed by atoms with Gasteiger partial charge in [0.25, 0.3) is 0 Å². The van der Waals surface area contributed by atoms with Crippen molar-refractivity contribution in [1.82, 2.24) is 15.5 Å². The van der Waals surface area contributed by atoms with E-state index in [-0.39, 0.29) is 23.4 Å².